The highest BCUT2D eigenvalue weighted by Crippen LogP contribution is 2.09. The molecule has 0 radical (unpaired) electrons. The van der Waals surface area contributed by atoms with Crippen LogP contribution in [-0.2, 0) is 9.47 Å². The Morgan fingerprint density at radius 1 is 1.45 bits per heavy atom. The molecule has 3 nitrogen and oxygen atoms in total. The second kappa shape index (κ2) is 5.52. The molecule has 0 amide bonds. The summed E-state index contributed by atoms with van der Waals surface area (Å²) in [7, 11) is 1.94. The summed E-state index contributed by atoms with van der Waals surface area (Å²) in [5.41, 5.74) is 0. The highest BCUT2D eigenvalue weighted by molar-refractivity contribution is 4.62. The van der Waals surface area contributed by atoms with E-state index in [0.717, 1.165) is 39.2 Å². The summed E-state index contributed by atoms with van der Waals surface area (Å²) in [6.07, 6.45) is 2.56. The van der Waals surface area contributed by atoms with Crippen molar-refractivity contribution in [2.75, 3.05) is 33.4 Å². The molecule has 0 spiro atoms. The lowest BCUT2D eigenvalue weighted by atomic mass is 10.2. The van der Waals surface area contributed by atoms with Gasteiger partial charge in [0.25, 0.3) is 0 Å². The van der Waals surface area contributed by atoms with Crippen LogP contribution in [0.1, 0.15) is 12.8 Å². The Bertz CT molecular complexity index is 92.1. The fraction of sp³-hybridized carbons (Fsp3) is 1.00. The molecule has 0 saturated carbocycles. The maximum Gasteiger partial charge on any atom is 0.0619 e. The maximum absolute atomic E-state index is 5.58. The van der Waals surface area contributed by atoms with E-state index in [9.17, 15) is 0 Å². The van der Waals surface area contributed by atoms with E-state index in [4.69, 9.17) is 9.47 Å². The van der Waals surface area contributed by atoms with Crippen LogP contribution in [0.5, 0.6) is 0 Å². The summed E-state index contributed by atoms with van der Waals surface area (Å²) >= 11 is 0. The van der Waals surface area contributed by atoms with E-state index in [0.29, 0.717) is 6.10 Å². The van der Waals surface area contributed by atoms with Gasteiger partial charge < -0.3 is 14.8 Å². The van der Waals surface area contributed by atoms with Gasteiger partial charge in [-0.3, -0.25) is 0 Å². The topological polar surface area (TPSA) is 30.5 Å². The van der Waals surface area contributed by atoms with Crippen molar-refractivity contribution in [3.05, 3.63) is 0 Å². The van der Waals surface area contributed by atoms with Crippen molar-refractivity contribution in [3.8, 4) is 0 Å². The van der Waals surface area contributed by atoms with Gasteiger partial charge in [0, 0.05) is 19.8 Å². The molecule has 0 aromatic rings. The highest BCUT2D eigenvalue weighted by Gasteiger charge is 2.12. The fourth-order valence-electron chi connectivity index (χ4n) is 1.17. The molecule has 0 aromatic carbocycles. The zero-order valence-corrected chi connectivity index (χ0v) is 7.14. The van der Waals surface area contributed by atoms with Crippen molar-refractivity contribution < 1.29 is 9.47 Å². The van der Waals surface area contributed by atoms with Crippen LogP contribution >= 0.6 is 0 Å². The van der Waals surface area contributed by atoms with Crippen LogP contribution in [0, 0.1) is 0 Å². The van der Waals surface area contributed by atoms with Gasteiger partial charge in [-0.25, -0.2) is 0 Å². The van der Waals surface area contributed by atoms with Gasteiger partial charge in [-0.05, 0) is 19.9 Å². The zero-order valence-electron chi connectivity index (χ0n) is 7.14. The Balaban J connectivity index is 1.96. The van der Waals surface area contributed by atoms with Crippen molar-refractivity contribution in [1.82, 2.24) is 5.32 Å². The summed E-state index contributed by atoms with van der Waals surface area (Å²) in [6.45, 7) is 3.49. The molecule has 1 fully saturated rings. The SMILES string of the molecule is CNCCOC1CCOCC1. The number of hydrogen-bond acceptors (Lipinski definition) is 3. The number of nitrogens with one attached hydrogen (secondary N) is 1. The van der Waals surface area contributed by atoms with Crippen molar-refractivity contribution in [2.24, 2.45) is 0 Å². The first kappa shape index (κ1) is 8.97. The van der Waals surface area contributed by atoms with Crippen molar-refractivity contribution in [2.45, 2.75) is 18.9 Å². The van der Waals surface area contributed by atoms with E-state index >= 15 is 0 Å². The van der Waals surface area contributed by atoms with Crippen molar-refractivity contribution >= 4 is 0 Å². The predicted molar refractivity (Wildman–Crippen MR) is 43.7 cm³/mol. The molecule has 1 aliphatic rings. The highest BCUT2D eigenvalue weighted by atomic mass is 16.5. The van der Waals surface area contributed by atoms with Crippen LogP contribution < -0.4 is 5.32 Å². The Morgan fingerprint density at radius 2 is 2.18 bits per heavy atom. The molecule has 1 aliphatic heterocycles. The number of hydrogen-bond donors (Lipinski definition) is 1. The van der Waals surface area contributed by atoms with Crippen LogP contribution in [0.3, 0.4) is 0 Å². The summed E-state index contributed by atoms with van der Waals surface area (Å²) in [6, 6.07) is 0. The molecule has 11 heavy (non-hydrogen) atoms. The molecule has 1 saturated heterocycles. The first-order chi connectivity index (χ1) is 5.43. The lowest BCUT2D eigenvalue weighted by molar-refractivity contribution is -0.0302. The monoisotopic (exact) mass is 159 g/mol. The Labute approximate surface area is 68.1 Å². The van der Waals surface area contributed by atoms with Crippen molar-refractivity contribution in [3.63, 3.8) is 0 Å². The first-order valence-electron chi connectivity index (χ1n) is 4.27. The van der Waals surface area contributed by atoms with Crippen LogP contribution in [0.4, 0.5) is 0 Å². The average Bonchev–Trinajstić information content (AvgIpc) is 2.07. The molecular weight excluding hydrogens is 142 g/mol. The molecule has 0 unspecified atom stereocenters. The van der Waals surface area contributed by atoms with Crippen LogP contribution in [0.25, 0.3) is 0 Å². The Hall–Kier alpha value is -0.120. The summed E-state index contributed by atoms with van der Waals surface area (Å²) in [4.78, 5) is 0. The number of ether oxygens (including phenoxy) is 2. The minimum atomic E-state index is 0.442. The molecule has 1 N–H and O–H groups in total. The van der Waals surface area contributed by atoms with E-state index in [2.05, 4.69) is 5.32 Å². The zero-order chi connectivity index (χ0) is 7.94. The average molecular weight is 159 g/mol. The molecule has 66 valence electrons. The molecule has 1 heterocycles. The standard InChI is InChI=1S/C8H17NO2/c1-9-4-7-11-8-2-5-10-6-3-8/h8-9H,2-7H2,1H3. The van der Waals surface area contributed by atoms with Gasteiger partial charge in [-0.2, -0.15) is 0 Å². The summed E-state index contributed by atoms with van der Waals surface area (Å²) in [5.74, 6) is 0. The third-order valence-corrected chi connectivity index (χ3v) is 1.87. The van der Waals surface area contributed by atoms with Gasteiger partial charge in [-0.15, -0.1) is 0 Å². The van der Waals surface area contributed by atoms with Crippen LogP contribution in [0.15, 0.2) is 0 Å². The molecule has 0 bridgehead atoms. The van der Waals surface area contributed by atoms with Gasteiger partial charge in [-0.1, -0.05) is 0 Å². The Morgan fingerprint density at radius 3 is 2.82 bits per heavy atom. The van der Waals surface area contributed by atoms with E-state index in [1.165, 1.54) is 0 Å². The quantitative estimate of drug-likeness (QED) is 0.602. The van der Waals surface area contributed by atoms with Gasteiger partial charge in [0.1, 0.15) is 0 Å². The third kappa shape index (κ3) is 3.70. The predicted octanol–water partition coefficient (Wildman–Crippen LogP) is 0.401. The first-order valence-corrected chi connectivity index (χ1v) is 4.27. The smallest absolute Gasteiger partial charge is 0.0619 e. The fourth-order valence-corrected chi connectivity index (χ4v) is 1.17. The lowest BCUT2D eigenvalue weighted by Gasteiger charge is -2.22. The number of rotatable bonds is 4. The molecular formula is C8H17NO2. The minimum absolute atomic E-state index is 0.442. The van der Waals surface area contributed by atoms with E-state index in [1.807, 2.05) is 7.05 Å². The van der Waals surface area contributed by atoms with Crippen LogP contribution in [0.2, 0.25) is 0 Å². The van der Waals surface area contributed by atoms with Gasteiger partial charge in [0.2, 0.25) is 0 Å². The normalized spacial score (nSPS) is 20.5. The van der Waals surface area contributed by atoms with Gasteiger partial charge in [0.15, 0.2) is 0 Å². The van der Waals surface area contributed by atoms with Crippen molar-refractivity contribution in [1.29, 1.82) is 0 Å². The van der Waals surface area contributed by atoms with Gasteiger partial charge >= 0.3 is 0 Å². The molecule has 1 rings (SSSR count). The van der Waals surface area contributed by atoms with Gasteiger partial charge in [0.05, 0.1) is 12.7 Å². The Kier molecular flexibility index (Phi) is 4.50. The molecule has 3 heteroatoms. The lowest BCUT2D eigenvalue weighted by Crippen LogP contribution is -2.26. The second-order valence-electron chi connectivity index (χ2n) is 2.79. The second-order valence-corrected chi connectivity index (χ2v) is 2.79. The maximum atomic E-state index is 5.58. The molecule has 0 aromatic heterocycles. The third-order valence-electron chi connectivity index (χ3n) is 1.87. The molecule has 0 atom stereocenters. The number of likely N-dealkylation sites (N-methyl/N-ethyl adjacent to an activating group) is 1. The van der Waals surface area contributed by atoms with Crippen LogP contribution in [-0.4, -0.2) is 39.5 Å². The molecule has 0 aliphatic carbocycles. The summed E-state index contributed by atoms with van der Waals surface area (Å²) < 4.78 is 10.8. The van der Waals surface area contributed by atoms with E-state index in [1.54, 1.807) is 0 Å². The van der Waals surface area contributed by atoms with E-state index < -0.39 is 0 Å². The van der Waals surface area contributed by atoms with E-state index in [-0.39, 0.29) is 0 Å². The minimum Gasteiger partial charge on any atom is -0.381 e. The largest absolute Gasteiger partial charge is 0.381 e. The summed E-state index contributed by atoms with van der Waals surface area (Å²) in [5, 5.41) is 3.05.